The van der Waals surface area contributed by atoms with Crippen molar-refractivity contribution in [1.29, 1.82) is 0 Å². The van der Waals surface area contributed by atoms with Crippen molar-refractivity contribution in [2.24, 2.45) is 0 Å². The van der Waals surface area contributed by atoms with Crippen molar-refractivity contribution in [1.82, 2.24) is 5.32 Å². The summed E-state index contributed by atoms with van der Waals surface area (Å²) in [6, 6.07) is 11.1. The molecule has 0 fully saturated rings. The Kier molecular flexibility index (Phi) is 8.62. The van der Waals surface area contributed by atoms with Gasteiger partial charge in [-0.2, -0.15) is 0 Å². The number of carbonyl (C=O) groups excluding carboxylic acids is 3. The third kappa shape index (κ3) is 5.94. The summed E-state index contributed by atoms with van der Waals surface area (Å²) in [5.41, 5.74) is 0.581. The van der Waals surface area contributed by atoms with E-state index in [1.165, 1.54) is 18.2 Å². The van der Waals surface area contributed by atoms with E-state index in [2.05, 4.69) is 11.9 Å². The van der Waals surface area contributed by atoms with Gasteiger partial charge in [-0.1, -0.05) is 24.3 Å². The molecule has 0 saturated carbocycles. The molecule has 0 spiro atoms. The molecule has 158 valence electrons. The molecule has 0 heterocycles. The third-order valence-corrected chi connectivity index (χ3v) is 3.98. The fraction of sp³-hybridized carbons (Fsp3) is 0.261. The molecule has 0 aromatic heterocycles. The average Bonchev–Trinajstić information content (AvgIpc) is 2.77. The number of ether oxygens (including phenoxy) is 3. The Morgan fingerprint density at radius 3 is 2.30 bits per heavy atom. The second-order valence-electron chi connectivity index (χ2n) is 6.07. The molecular weight excluding hydrogens is 386 g/mol. The summed E-state index contributed by atoms with van der Waals surface area (Å²) in [7, 11) is 0. The number of benzene rings is 2. The van der Waals surface area contributed by atoms with E-state index in [1.807, 2.05) is 13.8 Å². The van der Waals surface area contributed by atoms with Gasteiger partial charge in [0.25, 0.3) is 5.91 Å². The summed E-state index contributed by atoms with van der Waals surface area (Å²) in [4.78, 5) is 37.2. The lowest BCUT2D eigenvalue weighted by Gasteiger charge is -2.13. The maximum atomic E-state index is 13.1. The first kappa shape index (κ1) is 22.7. The first-order valence-electron chi connectivity index (χ1n) is 9.59. The minimum Gasteiger partial charge on any atom is -0.490 e. The summed E-state index contributed by atoms with van der Waals surface area (Å²) in [6.07, 6.45) is 1.51. The Balaban J connectivity index is 2.25. The topological polar surface area (TPSA) is 90.9 Å². The molecule has 0 aliphatic rings. The molecule has 0 unspecified atom stereocenters. The van der Waals surface area contributed by atoms with Gasteiger partial charge in [0.1, 0.15) is 0 Å². The van der Waals surface area contributed by atoms with Crippen LogP contribution in [0.15, 0.2) is 55.1 Å². The monoisotopic (exact) mass is 411 g/mol. The van der Waals surface area contributed by atoms with Crippen molar-refractivity contribution in [2.75, 3.05) is 26.4 Å². The number of hydrogen-bond donors (Lipinski definition) is 1. The van der Waals surface area contributed by atoms with Crippen LogP contribution in [0.4, 0.5) is 0 Å². The summed E-state index contributed by atoms with van der Waals surface area (Å²) in [5, 5.41) is 2.51. The zero-order chi connectivity index (χ0) is 21.9. The van der Waals surface area contributed by atoms with Crippen LogP contribution in [-0.4, -0.2) is 44.0 Å². The third-order valence-electron chi connectivity index (χ3n) is 3.98. The van der Waals surface area contributed by atoms with Gasteiger partial charge in [0.05, 0.1) is 18.8 Å². The minimum absolute atomic E-state index is 0.0749. The Labute approximate surface area is 175 Å². The Bertz CT molecular complexity index is 922. The van der Waals surface area contributed by atoms with Crippen LogP contribution in [0.2, 0.25) is 0 Å². The summed E-state index contributed by atoms with van der Waals surface area (Å²) < 4.78 is 16.1. The second-order valence-corrected chi connectivity index (χ2v) is 6.07. The Hall–Kier alpha value is -3.61. The largest absolute Gasteiger partial charge is 0.490 e. The van der Waals surface area contributed by atoms with Crippen molar-refractivity contribution in [3.63, 3.8) is 0 Å². The van der Waals surface area contributed by atoms with Crippen molar-refractivity contribution in [3.8, 4) is 11.5 Å². The van der Waals surface area contributed by atoms with Gasteiger partial charge in [-0.3, -0.25) is 9.59 Å². The second kappa shape index (κ2) is 11.4. The van der Waals surface area contributed by atoms with Crippen molar-refractivity contribution in [3.05, 3.63) is 71.8 Å². The van der Waals surface area contributed by atoms with Gasteiger partial charge in [0, 0.05) is 17.7 Å². The molecule has 1 N–H and O–H groups in total. The molecule has 2 aromatic rings. The number of amides is 1. The van der Waals surface area contributed by atoms with Crippen LogP contribution in [0.1, 0.15) is 40.1 Å². The van der Waals surface area contributed by atoms with Crippen molar-refractivity contribution in [2.45, 2.75) is 13.8 Å². The quantitative estimate of drug-likeness (QED) is 0.347. The molecule has 0 aliphatic carbocycles. The maximum Gasteiger partial charge on any atom is 0.339 e. The zero-order valence-electron chi connectivity index (χ0n) is 17.1. The molecule has 0 radical (unpaired) electrons. The first-order valence-corrected chi connectivity index (χ1v) is 9.59. The normalized spacial score (nSPS) is 10.1. The van der Waals surface area contributed by atoms with E-state index < -0.39 is 18.5 Å². The standard InChI is InChI=1S/C23H25NO6/c1-4-13-24-21(25)15-30-23(27)18-10-8-7-9-17(18)22(26)16-11-12-19(28-5-2)20(14-16)29-6-3/h4,7-12,14H,1,5-6,13,15H2,2-3H3,(H,24,25). The average molecular weight is 411 g/mol. The van der Waals surface area contributed by atoms with E-state index in [9.17, 15) is 14.4 Å². The van der Waals surface area contributed by atoms with E-state index in [0.29, 0.717) is 30.3 Å². The van der Waals surface area contributed by atoms with Crippen LogP contribution in [0.5, 0.6) is 11.5 Å². The number of esters is 1. The molecule has 1 amide bonds. The highest BCUT2D eigenvalue weighted by molar-refractivity contribution is 6.14. The van der Waals surface area contributed by atoms with E-state index in [-0.39, 0.29) is 23.5 Å². The van der Waals surface area contributed by atoms with Gasteiger partial charge >= 0.3 is 5.97 Å². The lowest BCUT2D eigenvalue weighted by atomic mass is 9.98. The molecule has 30 heavy (non-hydrogen) atoms. The predicted octanol–water partition coefficient (Wildman–Crippen LogP) is 3.17. The summed E-state index contributed by atoms with van der Waals surface area (Å²) >= 11 is 0. The highest BCUT2D eigenvalue weighted by Crippen LogP contribution is 2.30. The van der Waals surface area contributed by atoms with E-state index in [0.717, 1.165) is 0 Å². The van der Waals surface area contributed by atoms with Crippen molar-refractivity contribution >= 4 is 17.7 Å². The molecule has 0 atom stereocenters. The van der Waals surface area contributed by atoms with Gasteiger partial charge in [-0.25, -0.2) is 4.79 Å². The number of ketones is 1. The summed E-state index contributed by atoms with van der Waals surface area (Å²) in [5.74, 6) is -0.607. The Morgan fingerprint density at radius 1 is 0.967 bits per heavy atom. The fourth-order valence-corrected chi connectivity index (χ4v) is 2.65. The highest BCUT2D eigenvalue weighted by Gasteiger charge is 2.21. The number of hydrogen-bond acceptors (Lipinski definition) is 6. The maximum absolute atomic E-state index is 13.1. The predicted molar refractivity (Wildman–Crippen MR) is 112 cm³/mol. The van der Waals surface area contributed by atoms with Gasteiger partial charge < -0.3 is 19.5 Å². The molecule has 0 saturated heterocycles. The molecule has 7 heteroatoms. The Morgan fingerprint density at radius 2 is 1.63 bits per heavy atom. The van der Waals surface area contributed by atoms with Crippen molar-refractivity contribution < 1.29 is 28.6 Å². The summed E-state index contributed by atoms with van der Waals surface area (Å²) in [6.45, 7) is 7.87. The van der Waals surface area contributed by atoms with E-state index in [4.69, 9.17) is 14.2 Å². The smallest absolute Gasteiger partial charge is 0.339 e. The molecule has 0 bridgehead atoms. The van der Waals surface area contributed by atoms with Crippen LogP contribution in [0.25, 0.3) is 0 Å². The van der Waals surface area contributed by atoms with Crippen LogP contribution in [-0.2, 0) is 9.53 Å². The van der Waals surface area contributed by atoms with Gasteiger partial charge in [0.15, 0.2) is 23.9 Å². The fourth-order valence-electron chi connectivity index (χ4n) is 2.65. The van der Waals surface area contributed by atoms with Gasteiger partial charge in [-0.05, 0) is 38.1 Å². The minimum atomic E-state index is -0.760. The number of nitrogens with one attached hydrogen (secondary N) is 1. The van der Waals surface area contributed by atoms with E-state index in [1.54, 1.807) is 30.3 Å². The molecule has 7 nitrogen and oxygen atoms in total. The van der Waals surface area contributed by atoms with E-state index >= 15 is 0 Å². The molecule has 2 aromatic carbocycles. The van der Waals surface area contributed by atoms with Crippen LogP contribution in [0, 0.1) is 0 Å². The van der Waals surface area contributed by atoms with Crippen LogP contribution < -0.4 is 14.8 Å². The SMILES string of the molecule is C=CCNC(=O)COC(=O)c1ccccc1C(=O)c1ccc(OCC)c(OCC)c1. The lowest BCUT2D eigenvalue weighted by molar-refractivity contribution is -0.124. The molecular formula is C23H25NO6. The highest BCUT2D eigenvalue weighted by atomic mass is 16.5. The van der Waals surface area contributed by atoms with Crippen LogP contribution >= 0.6 is 0 Å². The van der Waals surface area contributed by atoms with Gasteiger partial charge in [0.2, 0.25) is 0 Å². The lowest BCUT2D eigenvalue weighted by Crippen LogP contribution is -2.29. The number of carbonyl (C=O) groups is 3. The zero-order valence-corrected chi connectivity index (χ0v) is 17.1. The molecule has 0 aliphatic heterocycles. The first-order chi connectivity index (χ1) is 14.5. The van der Waals surface area contributed by atoms with Gasteiger partial charge in [-0.15, -0.1) is 6.58 Å². The van der Waals surface area contributed by atoms with Crippen LogP contribution in [0.3, 0.4) is 0 Å². The molecule has 2 rings (SSSR count). The number of rotatable bonds is 11.